The Morgan fingerprint density at radius 1 is 0.781 bits per heavy atom. The zero-order valence-corrected chi connectivity index (χ0v) is 16.8. The number of carbonyl (C=O) groups excluding carboxylic acids is 3. The van der Waals surface area contributed by atoms with Crippen LogP contribution in [0.3, 0.4) is 0 Å². The highest BCUT2D eigenvalue weighted by Gasteiger charge is 2.26. The van der Waals surface area contributed by atoms with Crippen molar-refractivity contribution >= 4 is 34.3 Å². The number of rotatable bonds is 6. The van der Waals surface area contributed by atoms with Gasteiger partial charge in [-0.05, 0) is 42.5 Å². The molecule has 0 saturated carbocycles. The van der Waals surface area contributed by atoms with Gasteiger partial charge in [0.15, 0.2) is 0 Å². The van der Waals surface area contributed by atoms with E-state index in [1.54, 1.807) is 30.5 Å². The number of hydrogen-bond donors (Lipinski definition) is 5. The van der Waals surface area contributed by atoms with E-state index in [1.165, 1.54) is 29.7 Å². The third kappa shape index (κ3) is 4.35. The van der Waals surface area contributed by atoms with Gasteiger partial charge in [-0.3, -0.25) is 19.6 Å². The molecule has 1 aromatic heterocycles. The van der Waals surface area contributed by atoms with Crippen LogP contribution in [0.4, 0.5) is 5.69 Å². The van der Waals surface area contributed by atoms with Crippen LogP contribution < -0.4 is 16.1 Å². The molecule has 5 N–H and O–H groups in total. The second-order valence-electron chi connectivity index (χ2n) is 7.07. The molecule has 160 valence electrons. The molecule has 0 saturated heterocycles. The lowest BCUT2D eigenvalue weighted by atomic mass is 10.0. The van der Waals surface area contributed by atoms with Crippen molar-refractivity contribution < 1.29 is 19.6 Å². The molecule has 4 aromatic rings. The Hall–Kier alpha value is -4.43. The smallest absolute Gasteiger partial charge is 0.274 e. The maximum absolute atomic E-state index is 13.2. The Morgan fingerprint density at radius 3 is 2.09 bits per heavy atom. The Kier molecular flexibility index (Phi) is 5.96. The fourth-order valence-electron chi connectivity index (χ4n) is 3.41. The number of benzene rings is 3. The van der Waals surface area contributed by atoms with Gasteiger partial charge >= 0.3 is 0 Å². The van der Waals surface area contributed by atoms with Crippen molar-refractivity contribution in [3.8, 4) is 0 Å². The highest BCUT2D eigenvalue weighted by Crippen LogP contribution is 2.26. The van der Waals surface area contributed by atoms with Crippen LogP contribution in [-0.2, 0) is 4.79 Å². The second kappa shape index (κ2) is 9.15. The van der Waals surface area contributed by atoms with E-state index in [1.807, 2.05) is 30.3 Å². The molecule has 0 aliphatic heterocycles. The Labute approximate surface area is 183 Å². The van der Waals surface area contributed by atoms with Gasteiger partial charge in [0.25, 0.3) is 17.7 Å². The van der Waals surface area contributed by atoms with Crippen LogP contribution >= 0.6 is 0 Å². The molecule has 3 amide bonds. The number of aromatic amines is 1. The van der Waals surface area contributed by atoms with Gasteiger partial charge in [-0.15, -0.1) is 0 Å². The summed E-state index contributed by atoms with van der Waals surface area (Å²) in [6.45, 7) is 0. The van der Waals surface area contributed by atoms with Gasteiger partial charge in [-0.1, -0.05) is 36.4 Å². The largest absolute Gasteiger partial charge is 0.361 e. The van der Waals surface area contributed by atoms with E-state index in [-0.39, 0.29) is 11.1 Å². The van der Waals surface area contributed by atoms with Crippen LogP contribution in [0.1, 0.15) is 32.3 Å². The van der Waals surface area contributed by atoms with E-state index >= 15 is 0 Å². The summed E-state index contributed by atoms with van der Waals surface area (Å²) >= 11 is 0. The third-order valence-electron chi connectivity index (χ3n) is 5.02. The summed E-state index contributed by atoms with van der Waals surface area (Å²) in [5.74, 6) is -1.57. The third-order valence-corrected chi connectivity index (χ3v) is 5.02. The summed E-state index contributed by atoms with van der Waals surface area (Å²) < 4.78 is 0. The number of nitrogens with one attached hydrogen (secondary N) is 4. The van der Waals surface area contributed by atoms with Gasteiger partial charge in [0.05, 0.1) is 0 Å². The summed E-state index contributed by atoms with van der Waals surface area (Å²) in [6, 6.07) is 21.2. The molecule has 0 fully saturated rings. The van der Waals surface area contributed by atoms with Crippen LogP contribution in [0.25, 0.3) is 10.9 Å². The summed E-state index contributed by atoms with van der Waals surface area (Å²) in [6.07, 6.45) is 1.70. The van der Waals surface area contributed by atoms with Gasteiger partial charge in [0.2, 0.25) is 0 Å². The van der Waals surface area contributed by atoms with Crippen molar-refractivity contribution in [1.29, 1.82) is 0 Å². The molecular weight excluding hydrogens is 408 g/mol. The number of hydroxylamine groups is 1. The average molecular weight is 428 g/mol. The molecule has 0 spiro atoms. The molecule has 32 heavy (non-hydrogen) atoms. The highest BCUT2D eigenvalue weighted by atomic mass is 16.5. The van der Waals surface area contributed by atoms with Crippen molar-refractivity contribution in [2.24, 2.45) is 0 Å². The number of aromatic nitrogens is 1. The van der Waals surface area contributed by atoms with Crippen molar-refractivity contribution in [3.05, 3.63) is 102 Å². The molecule has 4 rings (SSSR count). The summed E-state index contributed by atoms with van der Waals surface area (Å²) in [7, 11) is 0. The van der Waals surface area contributed by atoms with Gasteiger partial charge in [-0.25, -0.2) is 5.48 Å². The minimum atomic E-state index is -0.973. The number of anilines is 1. The molecule has 0 aliphatic carbocycles. The lowest BCUT2D eigenvalue weighted by Crippen LogP contribution is -2.37. The maximum atomic E-state index is 13.2. The number of fused-ring (bicyclic) bond motifs is 1. The Balaban J connectivity index is 1.63. The average Bonchev–Trinajstić information content (AvgIpc) is 3.26. The van der Waals surface area contributed by atoms with Crippen molar-refractivity contribution in [3.63, 3.8) is 0 Å². The number of amides is 3. The molecule has 1 heterocycles. The fraction of sp³-hybridized carbons (Fsp3) is 0.0417. The number of para-hydroxylation sites is 2. The molecule has 8 nitrogen and oxygen atoms in total. The number of H-pyrrole nitrogens is 1. The first kappa shape index (κ1) is 20.8. The zero-order chi connectivity index (χ0) is 22.5. The highest BCUT2D eigenvalue weighted by molar-refractivity contribution is 6.04. The van der Waals surface area contributed by atoms with Crippen molar-refractivity contribution in [1.82, 2.24) is 15.8 Å². The first-order chi connectivity index (χ1) is 15.6. The van der Waals surface area contributed by atoms with Gasteiger partial charge in [-0.2, -0.15) is 0 Å². The van der Waals surface area contributed by atoms with Crippen molar-refractivity contribution in [2.45, 2.75) is 6.04 Å². The summed E-state index contributed by atoms with van der Waals surface area (Å²) in [5.41, 5.74) is 4.07. The van der Waals surface area contributed by atoms with Gasteiger partial charge < -0.3 is 15.6 Å². The van der Waals surface area contributed by atoms with E-state index < -0.39 is 23.8 Å². The van der Waals surface area contributed by atoms with Gasteiger partial charge in [0.1, 0.15) is 6.04 Å². The van der Waals surface area contributed by atoms with E-state index in [0.29, 0.717) is 11.3 Å². The Morgan fingerprint density at radius 2 is 1.41 bits per heavy atom. The monoisotopic (exact) mass is 428 g/mol. The van der Waals surface area contributed by atoms with Gasteiger partial charge in [0, 0.05) is 39.5 Å². The molecule has 3 aromatic carbocycles. The summed E-state index contributed by atoms with van der Waals surface area (Å²) in [5, 5.41) is 15.2. The molecule has 0 unspecified atom stereocenters. The fourth-order valence-corrected chi connectivity index (χ4v) is 3.41. The minimum absolute atomic E-state index is 0.194. The molecule has 0 bridgehead atoms. The first-order valence-corrected chi connectivity index (χ1v) is 9.84. The van der Waals surface area contributed by atoms with Crippen LogP contribution in [0.15, 0.2) is 85.1 Å². The molecular formula is C24H20N4O4. The molecule has 0 radical (unpaired) electrons. The zero-order valence-electron chi connectivity index (χ0n) is 16.8. The standard InChI is InChI=1S/C24H20N4O4/c29-22(15-10-12-16(13-11-15)23(30)28-32)27-21(24(31)26-17-6-2-1-3-7-17)19-14-25-20-9-5-4-8-18(19)20/h1-14,21,25,32H,(H,26,31)(H,27,29)(H,28,30)/t21-/m0/s1. The van der Waals surface area contributed by atoms with Crippen LogP contribution in [0.2, 0.25) is 0 Å². The second-order valence-corrected chi connectivity index (χ2v) is 7.07. The first-order valence-electron chi connectivity index (χ1n) is 9.84. The predicted octanol–water partition coefficient (Wildman–Crippen LogP) is 3.40. The minimum Gasteiger partial charge on any atom is -0.361 e. The molecule has 1 atom stereocenters. The van der Waals surface area contributed by atoms with Crippen molar-refractivity contribution in [2.75, 3.05) is 5.32 Å². The normalized spacial score (nSPS) is 11.5. The van der Waals surface area contributed by atoms with Crippen LogP contribution in [0, 0.1) is 0 Å². The van der Waals surface area contributed by atoms with Crippen LogP contribution in [0.5, 0.6) is 0 Å². The van der Waals surface area contributed by atoms with E-state index in [4.69, 9.17) is 5.21 Å². The lowest BCUT2D eigenvalue weighted by molar-refractivity contribution is -0.118. The Bertz CT molecular complexity index is 1270. The summed E-state index contributed by atoms with van der Waals surface area (Å²) in [4.78, 5) is 40.8. The SMILES string of the molecule is O=C(NO)c1ccc(C(=O)N[C@H](C(=O)Nc2ccccc2)c2c[nH]c3ccccc23)cc1. The number of hydrogen-bond acceptors (Lipinski definition) is 4. The van der Waals surface area contributed by atoms with E-state index in [9.17, 15) is 14.4 Å². The topological polar surface area (TPSA) is 123 Å². The quantitative estimate of drug-likeness (QED) is 0.239. The van der Waals surface area contributed by atoms with E-state index in [0.717, 1.165) is 10.9 Å². The maximum Gasteiger partial charge on any atom is 0.274 e. The number of carbonyl (C=O) groups is 3. The molecule has 0 aliphatic rings. The van der Waals surface area contributed by atoms with Crippen LogP contribution in [-0.4, -0.2) is 27.9 Å². The molecule has 8 heteroatoms. The predicted molar refractivity (Wildman–Crippen MR) is 119 cm³/mol. The lowest BCUT2D eigenvalue weighted by Gasteiger charge is -2.18. The van der Waals surface area contributed by atoms with E-state index in [2.05, 4.69) is 15.6 Å².